The van der Waals surface area contributed by atoms with E-state index in [9.17, 15) is 9.59 Å². The lowest BCUT2D eigenvalue weighted by Crippen LogP contribution is -2.47. The van der Waals surface area contributed by atoms with E-state index in [4.69, 9.17) is 14.5 Å². The SMILES string of the molecule is COc1ccc(NC(=O)c2cccc(-c3csc(NC(=O)C4(C)CC5c6ccccc6C4c4ccccc45)n3)c2)cc1OC. The molecule has 2 bridgehead atoms. The van der Waals surface area contributed by atoms with E-state index >= 15 is 0 Å². The van der Waals surface area contributed by atoms with Crippen LogP contribution in [0.15, 0.2) is 96.4 Å². The van der Waals surface area contributed by atoms with Crippen LogP contribution < -0.4 is 20.1 Å². The molecule has 8 rings (SSSR count). The topological polar surface area (TPSA) is 89.6 Å². The molecular weight excluding hydrogens is 570 g/mol. The van der Waals surface area contributed by atoms with Crippen LogP contribution in [0.1, 0.15) is 57.8 Å². The van der Waals surface area contributed by atoms with Crippen LogP contribution in [0.25, 0.3) is 11.3 Å². The molecule has 0 saturated heterocycles. The highest BCUT2D eigenvalue weighted by atomic mass is 32.1. The number of hydrogen-bond donors (Lipinski definition) is 2. The highest BCUT2D eigenvalue weighted by molar-refractivity contribution is 7.14. The van der Waals surface area contributed by atoms with Crippen molar-refractivity contribution in [2.24, 2.45) is 5.41 Å². The van der Waals surface area contributed by atoms with Crippen LogP contribution in [0.2, 0.25) is 0 Å². The molecule has 220 valence electrons. The van der Waals surface area contributed by atoms with Gasteiger partial charge in [-0.1, -0.05) is 60.7 Å². The van der Waals surface area contributed by atoms with Gasteiger partial charge in [0.1, 0.15) is 0 Å². The maximum absolute atomic E-state index is 14.0. The molecule has 0 fully saturated rings. The Morgan fingerprint density at radius 2 is 1.50 bits per heavy atom. The van der Waals surface area contributed by atoms with Gasteiger partial charge in [0.2, 0.25) is 5.91 Å². The number of aromatic nitrogens is 1. The minimum Gasteiger partial charge on any atom is -0.493 e. The fourth-order valence-corrected chi connectivity index (χ4v) is 7.54. The molecule has 0 spiro atoms. The fraction of sp³-hybridized carbons (Fsp3) is 0.194. The number of ether oxygens (including phenoxy) is 2. The van der Waals surface area contributed by atoms with Crippen molar-refractivity contribution in [2.45, 2.75) is 25.2 Å². The van der Waals surface area contributed by atoms with Gasteiger partial charge >= 0.3 is 0 Å². The van der Waals surface area contributed by atoms with Crippen LogP contribution in [0.5, 0.6) is 11.5 Å². The second-order valence-corrected chi connectivity index (χ2v) is 12.3. The number of fused-ring (bicyclic) bond motifs is 1. The predicted octanol–water partition coefficient (Wildman–Crippen LogP) is 7.71. The molecule has 2 N–H and O–H groups in total. The van der Waals surface area contributed by atoms with Crippen molar-refractivity contribution in [1.29, 1.82) is 0 Å². The normalized spacial score (nSPS) is 19.4. The molecule has 44 heavy (non-hydrogen) atoms. The van der Waals surface area contributed by atoms with Crippen LogP contribution in [-0.2, 0) is 4.79 Å². The van der Waals surface area contributed by atoms with E-state index in [-0.39, 0.29) is 23.7 Å². The van der Waals surface area contributed by atoms with Gasteiger partial charge in [-0.2, -0.15) is 0 Å². The first-order chi connectivity index (χ1) is 21.4. The fourth-order valence-electron chi connectivity index (χ4n) is 6.83. The van der Waals surface area contributed by atoms with Crippen molar-refractivity contribution in [3.05, 3.63) is 124 Å². The van der Waals surface area contributed by atoms with Crippen molar-refractivity contribution < 1.29 is 19.1 Å². The molecule has 5 aromatic rings. The van der Waals surface area contributed by atoms with Crippen LogP contribution in [0.4, 0.5) is 10.8 Å². The van der Waals surface area contributed by atoms with Gasteiger partial charge in [-0.3, -0.25) is 9.59 Å². The first kappa shape index (κ1) is 27.9. The number of benzene rings is 4. The van der Waals surface area contributed by atoms with Crippen molar-refractivity contribution in [2.75, 3.05) is 24.9 Å². The van der Waals surface area contributed by atoms with E-state index in [2.05, 4.69) is 66.1 Å². The van der Waals surface area contributed by atoms with E-state index in [1.807, 2.05) is 17.5 Å². The average molecular weight is 602 g/mol. The van der Waals surface area contributed by atoms with Gasteiger partial charge in [0.05, 0.1) is 25.3 Å². The quantitative estimate of drug-likeness (QED) is 0.200. The largest absolute Gasteiger partial charge is 0.493 e. The summed E-state index contributed by atoms with van der Waals surface area (Å²) in [5.74, 6) is 0.977. The number of thiazole rings is 1. The number of nitrogens with one attached hydrogen (secondary N) is 2. The Bertz CT molecular complexity index is 1870. The first-order valence-corrected chi connectivity index (χ1v) is 15.4. The standard InChI is InChI=1S/C36H31N3O4S/c1-36(19-28-24-11-4-6-13-26(24)32(36)27-14-7-5-12-25(27)28)34(41)39-35-38-29(20-44-35)21-9-8-10-22(17-21)33(40)37-23-15-16-30(42-2)31(18-23)43-3/h4-18,20,28,32H,19H2,1-3H3,(H,37,40)(H,38,39,41). The lowest BCUT2D eigenvalue weighted by molar-refractivity contribution is -0.126. The Morgan fingerprint density at radius 3 is 2.18 bits per heavy atom. The Morgan fingerprint density at radius 1 is 0.818 bits per heavy atom. The molecule has 4 aromatic carbocycles. The van der Waals surface area contributed by atoms with Gasteiger partial charge in [-0.05, 0) is 59.9 Å². The molecule has 1 aromatic heterocycles. The number of hydrogen-bond acceptors (Lipinski definition) is 6. The van der Waals surface area contributed by atoms with Gasteiger partial charge in [0, 0.05) is 40.1 Å². The van der Waals surface area contributed by atoms with Crippen molar-refractivity contribution in [3.63, 3.8) is 0 Å². The predicted molar refractivity (Wildman–Crippen MR) is 173 cm³/mol. The number of amides is 2. The molecule has 1 unspecified atom stereocenters. The van der Waals surface area contributed by atoms with Gasteiger partial charge in [-0.15, -0.1) is 11.3 Å². The minimum absolute atomic E-state index is 0.0274. The zero-order chi connectivity index (χ0) is 30.4. The second kappa shape index (κ2) is 11.0. The summed E-state index contributed by atoms with van der Waals surface area (Å²) in [5.41, 5.74) is 7.06. The number of carbonyl (C=O) groups is 2. The molecule has 2 amide bonds. The van der Waals surface area contributed by atoms with Crippen molar-refractivity contribution in [1.82, 2.24) is 4.98 Å². The maximum atomic E-state index is 14.0. The number of anilines is 2. The summed E-state index contributed by atoms with van der Waals surface area (Å²) in [4.78, 5) is 31.9. The minimum atomic E-state index is -0.624. The molecule has 0 aliphatic heterocycles. The number of methoxy groups -OCH3 is 2. The Labute approximate surface area is 259 Å². The van der Waals surface area contributed by atoms with E-state index in [0.717, 1.165) is 12.0 Å². The van der Waals surface area contributed by atoms with E-state index in [1.54, 1.807) is 44.6 Å². The monoisotopic (exact) mass is 601 g/mol. The Hall–Kier alpha value is -4.95. The summed E-state index contributed by atoms with van der Waals surface area (Å²) < 4.78 is 10.6. The van der Waals surface area contributed by atoms with Crippen LogP contribution in [0.3, 0.4) is 0 Å². The van der Waals surface area contributed by atoms with E-state index < -0.39 is 5.41 Å². The summed E-state index contributed by atoms with van der Waals surface area (Å²) in [5, 5.41) is 8.50. The van der Waals surface area contributed by atoms with Gasteiger partial charge in [0.15, 0.2) is 16.6 Å². The summed E-state index contributed by atoms with van der Waals surface area (Å²) in [6.07, 6.45) is 0.743. The molecule has 3 aliphatic carbocycles. The van der Waals surface area contributed by atoms with E-state index in [1.165, 1.54) is 33.6 Å². The molecule has 0 radical (unpaired) electrons. The number of rotatable bonds is 7. The molecule has 1 heterocycles. The molecular formula is C36H31N3O4S. The number of nitrogens with zero attached hydrogens (tertiary/aromatic N) is 1. The van der Waals surface area contributed by atoms with Crippen LogP contribution >= 0.6 is 11.3 Å². The van der Waals surface area contributed by atoms with Crippen molar-refractivity contribution >= 4 is 34.0 Å². The van der Waals surface area contributed by atoms with Gasteiger partial charge in [0.25, 0.3) is 5.91 Å². The third-order valence-corrected chi connectivity index (χ3v) is 9.69. The molecule has 0 saturated carbocycles. The molecule has 1 atom stereocenters. The molecule has 7 nitrogen and oxygen atoms in total. The Kier molecular flexibility index (Phi) is 6.94. The zero-order valence-corrected chi connectivity index (χ0v) is 25.4. The highest BCUT2D eigenvalue weighted by Crippen LogP contribution is 2.61. The lowest BCUT2D eigenvalue weighted by Gasteiger charge is -2.50. The van der Waals surface area contributed by atoms with Crippen molar-refractivity contribution in [3.8, 4) is 22.8 Å². The lowest BCUT2D eigenvalue weighted by atomic mass is 9.52. The zero-order valence-electron chi connectivity index (χ0n) is 24.6. The summed E-state index contributed by atoms with van der Waals surface area (Å²) >= 11 is 1.38. The first-order valence-electron chi connectivity index (χ1n) is 14.5. The highest BCUT2D eigenvalue weighted by Gasteiger charge is 2.54. The van der Waals surface area contributed by atoms with Gasteiger partial charge < -0.3 is 20.1 Å². The van der Waals surface area contributed by atoms with Gasteiger partial charge in [-0.25, -0.2) is 4.98 Å². The third-order valence-electron chi connectivity index (χ3n) is 8.94. The van der Waals surface area contributed by atoms with E-state index in [0.29, 0.717) is 33.6 Å². The molecule has 3 aliphatic rings. The Balaban J connectivity index is 1.10. The average Bonchev–Trinajstić information content (AvgIpc) is 3.53. The second-order valence-electron chi connectivity index (χ2n) is 11.5. The summed E-state index contributed by atoms with van der Waals surface area (Å²) in [6, 6.07) is 29.6. The summed E-state index contributed by atoms with van der Waals surface area (Å²) in [7, 11) is 3.12. The number of carbonyl (C=O) groups excluding carboxylic acids is 2. The maximum Gasteiger partial charge on any atom is 0.255 e. The summed E-state index contributed by atoms with van der Waals surface area (Å²) in [6.45, 7) is 2.08. The smallest absolute Gasteiger partial charge is 0.255 e. The third kappa shape index (κ3) is 4.62. The van der Waals surface area contributed by atoms with Crippen LogP contribution in [0, 0.1) is 5.41 Å². The van der Waals surface area contributed by atoms with Crippen LogP contribution in [-0.4, -0.2) is 31.0 Å². The molecule has 8 heteroatoms.